The second kappa shape index (κ2) is 11.0. The number of nitrogens with zero attached hydrogens (tertiary/aromatic N) is 2. The van der Waals surface area contributed by atoms with Crippen LogP contribution in [0.3, 0.4) is 0 Å². The highest BCUT2D eigenvalue weighted by Crippen LogP contribution is 2.31. The minimum Gasteiger partial charge on any atom is -0.496 e. The molecule has 0 bridgehead atoms. The first-order valence-corrected chi connectivity index (χ1v) is 11.2. The number of ether oxygens (including phenoxy) is 3. The Labute approximate surface area is 197 Å². The minimum atomic E-state index is -0.428. The smallest absolute Gasteiger partial charge is 0.261 e. The van der Waals surface area contributed by atoms with E-state index in [0.717, 1.165) is 11.3 Å². The number of halogens is 1. The maximum absolute atomic E-state index is 12.5. The summed E-state index contributed by atoms with van der Waals surface area (Å²) in [4.78, 5) is 24.8. The highest BCUT2D eigenvalue weighted by Gasteiger charge is 2.16. The van der Waals surface area contributed by atoms with Gasteiger partial charge in [0.25, 0.3) is 5.91 Å². The molecule has 0 aliphatic rings. The van der Waals surface area contributed by atoms with Gasteiger partial charge in [-0.25, -0.2) is 0 Å². The van der Waals surface area contributed by atoms with Crippen LogP contribution in [0, 0.1) is 0 Å². The monoisotopic (exact) mass is 494 g/mol. The summed E-state index contributed by atoms with van der Waals surface area (Å²) in [7, 11) is 4.53. The Kier molecular flexibility index (Phi) is 8.14. The fourth-order valence-corrected chi connectivity index (χ4v) is 4.30. The van der Waals surface area contributed by atoms with Crippen molar-refractivity contribution >= 4 is 57.3 Å². The van der Waals surface area contributed by atoms with Crippen LogP contribution in [0.2, 0.25) is 5.02 Å². The van der Waals surface area contributed by atoms with E-state index in [1.165, 1.54) is 39.2 Å². The molecule has 0 aliphatic heterocycles. The summed E-state index contributed by atoms with van der Waals surface area (Å²) in [5, 5.41) is 14.1. The lowest BCUT2D eigenvalue weighted by Gasteiger charge is -2.10. The lowest BCUT2D eigenvalue weighted by Crippen LogP contribution is -2.14. The van der Waals surface area contributed by atoms with Gasteiger partial charge in [-0.1, -0.05) is 34.7 Å². The summed E-state index contributed by atoms with van der Waals surface area (Å²) in [5.41, 5.74) is 0.854. The van der Waals surface area contributed by atoms with Gasteiger partial charge in [-0.3, -0.25) is 14.9 Å². The van der Waals surface area contributed by atoms with Crippen molar-refractivity contribution < 1.29 is 23.8 Å². The number of carbonyl (C=O) groups is 2. The standard InChI is InChI=1S/C20H19ClN4O5S2/c1-28-14-6-4-11(21)8-13(14)18(27)23-19-24-25-20(32-19)31-10-17(26)22-12-5-7-15(29-2)16(9-12)30-3/h4-9H,10H2,1-3H3,(H,22,26)(H,23,24,27). The average Bonchev–Trinajstić information content (AvgIpc) is 3.24. The van der Waals surface area contributed by atoms with Crippen LogP contribution in [0.25, 0.3) is 0 Å². The minimum absolute atomic E-state index is 0.110. The van der Waals surface area contributed by atoms with Gasteiger partial charge in [-0.2, -0.15) is 0 Å². The van der Waals surface area contributed by atoms with Gasteiger partial charge in [0.1, 0.15) is 5.75 Å². The molecule has 9 nitrogen and oxygen atoms in total. The van der Waals surface area contributed by atoms with E-state index in [9.17, 15) is 9.59 Å². The molecule has 32 heavy (non-hydrogen) atoms. The van der Waals surface area contributed by atoms with Gasteiger partial charge in [-0.05, 0) is 30.3 Å². The first kappa shape index (κ1) is 23.6. The van der Waals surface area contributed by atoms with Crippen molar-refractivity contribution in [2.24, 2.45) is 0 Å². The summed E-state index contributed by atoms with van der Waals surface area (Å²) in [6.07, 6.45) is 0. The normalized spacial score (nSPS) is 10.4. The third kappa shape index (κ3) is 6.02. The van der Waals surface area contributed by atoms with E-state index >= 15 is 0 Å². The van der Waals surface area contributed by atoms with Crippen LogP contribution in [0.15, 0.2) is 40.7 Å². The Morgan fingerprint density at radius 2 is 1.69 bits per heavy atom. The number of thioether (sulfide) groups is 1. The summed E-state index contributed by atoms with van der Waals surface area (Å²) in [6, 6.07) is 9.83. The predicted octanol–water partition coefficient (Wildman–Crippen LogP) is 4.20. The van der Waals surface area contributed by atoms with Gasteiger partial charge in [0.15, 0.2) is 15.8 Å². The van der Waals surface area contributed by atoms with Crippen LogP contribution in [0.5, 0.6) is 17.2 Å². The molecule has 0 spiro atoms. The van der Waals surface area contributed by atoms with E-state index in [1.807, 2.05) is 0 Å². The fourth-order valence-electron chi connectivity index (χ4n) is 2.58. The lowest BCUT2D eigenvalue weighted by atomic mass is 10.2. The second-order valence-electron chi connectivity index (χ2n) is 6.08. The molecule has 2 aromatic carbocycles. The molecule has 1 heterocycles. The van der Waals surface area contributed by atoms with Crippen molar-refractivity contribution in [2.45, 2.75) is 4.34 Å². The summed E-state index contributed by atoms with van der Waals surface area (Å²) in [6.45, 7) is 0. The van der Waals surface area contributed by atoms with Crippen molar-refractivity contribution in [1.29, 1.82) is 0 Å². The molecule has 1 aromatic heterocycles. The van der Waals surface area contributed by atoms with Crippen molar-refractivity contribution in [1.82, 2.24) is 10.2 Å². The van der Waals surface area contributed by atoms with Crippen LogP contribution < -0.4 is 24.8 Å². The second-order valence-corrected chi connectivity index (χ2v) is 8.71. The molecule has 2 amide bonds. The van der Waals surface area contributed by atoms with E-state index < -0.39 is 5.91 Å². The largest absolute Gasteiger partial charge is 0.496 e. The summed E-state index contributed by atoms with van der Waals surface area (Å²) >= 11 is 8.32. The third-order valence-electron chi connectivity index (χ3n) is 4.03. The zero-order chi connectivity index (χ0) is 23.1. The molecular formula is C20H19ClN4O5S2. The van der Waals surface area contributed by atoms with Gasteiger partial charge in [0, 0.05) is 16.8 Å². The number of anilines is 2. The Balaban J connectivity index is 1.56. The number of methoxy groups -OCH3 is 3. The van der Waals surface area contributed by atoms with Crippen molar-refractivity contribution in [3.05, 3.63) is 47.0 Å². The zero-order valence-electron chi connectivity index (χ0n) is 17.3. The molecular weight excluding hydrogens is 476 g/mol. The Morgan fingerprint density at radius 3 is 2.41 bits per heavy atom. The van der Waals surface area contributed by atoms with Crippen molar-refractivity contribution in [3.63, 3.8) is 0 Å². The molecule has 0 unspecified atom stereocenters. The SMILES string of the molecule is COc1ccc(NC(=O)CSc2nnc(NC(=O)c3cc(Cl)ccc3OC)s2)cc1OC. The van der Waals surface area contributed by atoms with Crippen molar-refractivity contribution in [2.75, 3.05) is 37.7 Å². The first-order valence-electron chi connectivity index (χ1n) is 9.06. The molecule has 3 aromatic rings. The van der Waals surface area contributed by atoms with Crippen LogP contribution >= 0.6 is 34.7 Å². The molecule has 168 valence electrons. The van der Waals surface area contributed by atoms with Crippen LogP contribution in [0.1, 0.15) is 10.4 Å². The number of nitrogens with one attached hydrogen (secondary N) is 2. The average molecular weight is 495 g/mol. The van der Waals surface area contributed by atoms with Gasteiger partial charge in [0.05, 0.1) is 32.6 Å². The van der Waals surface area contributed by atoms with Crippen LogP contribution in [0.4, 0.5) is 10.8 Å². The molecule has 0 fully saturated rings. The van der Waals surface area contributed by atoms with Gasteiger partial charge < -0.3 is 19.5 Å². The number of benzene rings is 2. The van der Waals surface area contributed by atoms with E-state index in [1.54, 1.807) is 30.3 Å². The summed E-state index contributed by atoms with van der Waals surface area (Å²) in [5.74, 6) is 0.921. The maximum atomic E-state index is 12.5. The van der Waals surface area contributed by atoms with E-state index in [2.05, 4.69) is 20.8 Å². The molecule has 0 saturated carbocycles. The molecule has 0 radical (unpaired) electrons. The quantitative estimate of drug-likeness (QED) is 0.336. The Bertz CT molecular complexity index is 1130. The predicted molar refractivity (Wildman–Crippen MR) is 125 cm³/mol. The van der Waals surface area contributed by atoms with Gasteiger partial charge >= 0.3 is 0 Å². The summed E-state index contributed by atoms with van der Waals surface area (Å²) < 4.78 is 16.1. The topological polar surface area (TPSA) is 112 Å². The molecule has 2 N–H and O–H groups in total. The molecule has 0 saturated heterocycles. The third-order valence-corrected chi connectivity index (χ3v) is 6.23. The maximum Gasteiger partial charge on any atom is 0.261 e. The number of amides is 2. The van der Waals surface area contributed by atoms with Gasteiger partial charge in [-0.15, -0.1) is 10.2 Å². The Morgan fingerprint density at radius 1 is 0.969 bits per heavy atom. The fraction of sp³-hybridized carbons (Fsp3) is 0.200. The molecule has 0 atom stereocenters. The molecule has 3 rings (SSSR count). The van der Waals surface area contributed by atoms with E-state index in [0.29, 0.717) is 37.4 Å². The Hall–Kier alpha value is -3.02. The number of hydrogen-bond donors (Lipinski definition) is 2. The van der Waals surface area contributed by atoms with E-state index in [4.69, 9.17) is 25.8 Å². The first-order chi connectivity index (χ1) is 15.4. The highest BCUT2D eigenvalue weighted by molar-refractivity contribution is 8.01. The van der Waals surface area contributed by atoms with Crippen LogP contribution in [-0.2, 0) is 4.79 Å². The number of hydrogen-bond acceptors (Lipinski definition) is 9. The molecule has 12 heteroatoms. The van der Waals surface area contributed by atoms with E-state index in [-0.39, 0.29) is 17.2 Å². The highest BCUT2D eigenvalue weighted by atomic mass is 35.5. The van der Waals surface area contributed by atoms with Gasteiger partial charge in [0.2, 0.25) is 11.0 Å². The number of carbonyl (C=O) groups excluding carboxylic acids is 2. The number of rotatable bonds is 9. The number of aromatic nitrogens is 2. The molecule has 0 aliphatic carbocycles. The van der Waals surface area contributed by atoms with Crippen LogP contribution in [-0.4, -0.2) is 49.1 Å². The van der Waals surface area contributed by atoms with Crippen molar-refractivity contribution in [3.8, 4) is 17.2 Å². The lowest BCUT2D eigenvalue weighted by molar-refractivity contribution is -0.113. The zero-order valence-corrected chi connectivity index (χ0v) is 19.7.